The summed E-state index contributed by atoms with van der Waals surface area (Å²) >= 11 is 3.64. The Balaban J connectivity index is 1.46. The molecule has 4 rings (SSSR count). The minimum absolute atomic E-state index is 0.622. The quantitative estimate of drug-likeness (QED) is 0.803. The van der Waals surface area contributed by atoms with E-state index in [-0.39, 0.29) is 0 Å². The number of hydrogen-bond acceptors (Lipinski definition) is 6. The number of halogens is 1. The average molecular weight is 429 g/mol. The first kappa shape index (κ1) is 18.3. The Morgan fingerprint density at radius 3 is 2.56 bits per heavy atom. The predicted molar refractivity (Wildman–Crippen MR) is 114 cm³/mol. The van der Waals surface area contributed by atoms with E-state index in [0.29, 0.717) is 5.95 Å². The summed E-state index contributed by atoms with van der Waals surface area (Å²) in [5, 5.41) is 3.33. The van der Waals surface area contributed by atoms with Crippen LogP contribution in [0.15, 0.2) is 36.7 Å². The van der Waals surface area contributed by atoms with Crippen molar-refractivity contribution >= 4 is 37.7 Å². The largest absolute Gasteiger partial charge is 0.372 e. The van der Waals surface area contributed by atoms with Crippen LogP contribution in [0.5, 0.6) is 0 Å². The highest BCUT2D eigenvalue weighted by Gasteiger charge is 2.18. The van der Waals surface area contributed by atoms with Crippen LogP contribution in [0.3, 0.4) is 0 Å². The van der Waals surface area contributed by atoms with Crippen molar-refractivity contribution in [2.45, 2.75) is 13.5 Å². The van der Waals surface area contributed by atoms with Gasteiger partial charge in [0.25, 0.3) is 0 Å². The van der Waals surface area contributed by atoms with Crippen molar-refractivity contribution in [1.82, 2.24) is 19.8 Å². The molecule has 1 aromatic heterocycles. The molecule has 142 valence electrons. The van der Waals surface area contributed by atoms with Gasteiger partial charge in [0.1, 0.15) is 0 Å². The smallest absolute Gasteiger partial charge is 0.227 e. The van der Waals surface area contributed by atoms with E-state index in [2.05, 4.69) is 85.4 Å². The van der Waals surface area contributed by atoms with E-state index in [1.54, 1.807) is 0 Å². The predicted octanol–water partition coefficient (Wildman–Crippen LogP) is 3.50. The van der Waals surface area contributed by atoms with Gasteiger partial charge in [0.2, 0.25) is 5.95 Å². The van der Waals surface area contributed by atoms with E-state index in [4.69, 9.17) is 4.98 Å². The van der Waals surface area contributed by atoms with E-state index in [1.807, 2.05) is 6.20 Å². The molecule has 0 amide bonds. The highest BCUT2D eigenvalue weighted by atomic mass is 79.9. The van der Waals surface area contributed by atoms with Crippen LogP contribution in [0.25, 0.3) is 4.48 Å². The number of benzene rings is 1. The number of nitrogens with one attached hydrogen (secondary N) is 1. The monoisotopic (exact) mass is 428 g/mol. The number of aromatic nitrogens is 2. The van der Waals surface area contributed by atoms with Crippen LogP contribution in [-0.4, -0.2) is 59.5 Å². The van der Waals surface area contributed by atoms with Gasteiger partial charge in [0, 0.05) is 68.6 Å². The standard InChI is InChI=1S/C20H25BrN6/c1-3-26-13-15-12-22-20(24-19(15)18(21)14-26)23-16-4-6-17(7-5-16)27-10-8-25(2)9-11-27/h4-7,12,14H,3,8-11,13H2,1-2H3,(H,22,23,24). The summed E-state index contributed by atoms with van der Waals surface area (Å²) in [5.41, 5.74) is 4.37. The molecule has 0 bridgehead atoms. The van der Waals surface area contributed by atoms with Gasteiger partial charge in [-0.05, 0) is 54.2 Å². The second-order valence-electron chi connectivity index (χ2n) is 7.07. The molecule has 2 aliphatic rings. The molecule has 0 aliphatic carbocycles. The summed E-state index contributed by atoms with van der Waals surface area (Å²) in [4.78, 5) is 16.2. The lowest BCUT2D eigenvalue weighted by atomic mass is 10.1. The van der Waals surface area contributed by atoms with Crippen molar-refractivity contribution in [3.8, 4) is 0 Å². The lowest BCUT2D eigenvalue weighted by molar-refractivity contribution is 0.313. The maximum Gasteiger partial charge on any atom is 0.227 e. The summed E-state index contributed by atoms with van der Waals surface area (Å²) in [6.45, 7) is 8.33. The third-order valence-electron chi connectivity index (χ3n) is 5.16. The number of hydrogen-bond donors (Lipinski definition) is 1. The first-order chi connectivity index (χ1) is 13.1. The van der Waals surface area contributed by atoms with Crippen molar-refractivity contribution in [1.29, 1.82) is 0 Å². The van der Waals surface area contributed by atoms with Gasteiger partial charge in [0.15, 0.2) is 0 Å². The van der Waals surface area contributed by atoms with Crippen LogP contribution in [0.1, 0.15) is 18.2 Å². The maximum atomic E-state index is 4.70. The first-order valence-electron chi connectivity index (χ1n) is 9.40. The summed E-state index contributed by atoms with van der Waals surface area (Å²) < 4.78 is 1.00. The zero-order valence-corrected chi connectivity index (χ0v) is 17.4. The van der Waals surface area contributed by atoms with Crippen LogP contribution in [0, 0.1) is 0 Å². The fourth-order valence-corrected chi connectivity index (χ4v) is 4.06. The third kappa shape index (κ3) is 4.09. The number of likely N-dealkylation sites (N-methyl/N-ethyl adjacent to an activating group) is 1. The van der Waals surface area contributed by atoms with Crippen LogP contribution in [0.2, 0.25) is 0 Å². The van der Waals surface area contributed by atoms with Gasteiger partial charge in [-0.2, -0.15) is 0 Å². The zero-order chi connectivity index (χ0) is 18.8. The maximum absolute atomic E-state index is 4.70. The molecule has 27 heavy (non-hydrogen) atoms. The Hall–Kier alpha value is -2.12. The summed E-state index contributed by atoms with van der Waals surface area (Å²) in [7, 11) is 2.18. The summed E-state index contributed by atoms with van der Waals surface area (Å²) in [6.07, 6.45) is 4.02. The highest BCUT2D eigenvalue weighted by Crippen LogP contribution is 2.30. The molecule has 6 nitrogen and oxygen atoms in total. The molecular weight excluding hydrogens is 404 g/mol. The normalized spacial score (nSPS) is 17.5. The van der Waals surface area contributed by atoms with Crippen molar-refractivity contribution in [3.05, 3.63) is 47.9 Å². The van der Waals surface area contributed by atoms with Gasteiger partial charge < -0.3 is 20.0 Å². The molecule has 2 aromatic rings. The van der Waals surface area contributed by atoms with E-state index in [9.17, 15) is 0 Å². The Morgan fingerprint density at radius 2 is 1.85 bits per heavy atom. The van der Waals surface area contributed by atoms with Gasteiger partial charge in [-0.15, -0.1) is 0 Å². The lowest BCUT2D eigenvalue weighted by Crippen LogP contribution is -2.44. The number of anilines is 3. The van der Waals surface area contributed by atoms with Gasteiger partial charge in [-0.1, -0.05) is 0 Å². The third-order valence-corrected chi connectivity index (χ3v) is 5.74. The molecule has 3 heterocycles. The molecule has 1 aromatic carbocycles. The molecule has 1 saturated heterocycles. The number of rotatable bonds is 4. The lowest BCUT2D eigenvalue weighted by Gasteiger charge is -2.34. The van der Waals surface area contributed by atoms with Crippen LogP contribution in [-0.2, 0) is 6.54 Å². The Labute approximate surface area is 169 Å². The van der Waals surface area contributed by atoms with Crippen molar-refractivity contribution < 1.29 is 0 Å². The Kier molecular flexibility index (Phi) is 5.31. The van der Waals surface area contributed by atoms with Gasteiger partial charge in [-0.25, -0.2) is 9.97 Å². The van der Waals surface area contributed by atoms with Crippen molar-refractivity contribution in [3.63, 3.8) is 0 Å². The summed E-state index contributed by atoms with van der Waals surface area (Å²) in [5.74, 6) is 0.622. The van der Waals surface area contributed by atoms with Crippen LogP contribution in [0.4, 0.5) is 17.3 Å². The fraction of sp³-hybridized carbons (Fsp3) is 0.400. The average Bonchev–Trinajstić information content (AvgIpc) is 2.69. The molecule has 0 radical (unpaired) electrons. The Bertz CT molecular complexity index is 827. The number of piperazine rings is 1. The SMILES string of the molecule is CCN1C=C(Br)c2nc(Nc3ccc(N4CCN(C)CC4)cc3)ncc2C1. The number of nitrogens with zero attached hydrogens (tertiary/aromatic N) is 5. The summed E-state index contributed by atoms with van der Waals surface area (Å²) in [6, 6.07) is 8.53. The van der Waals surface area contributed by atoms with Gasteiger partial charge in [-0.3, -0.25) is 0 Å². The molecule has 7 heteroatoms. The van der Waals surface area contributed by atoms with Crippen LogP contribution < -0.4 is 10.2 Å². The fourth-order valence-electron chi connectivity index (χ4n) is 3.43. The molecule has 0 atom stereocenters. The number of fused-ring (bicyclic) bond motifs is 1. The second-order valence-corrected chi connectivity index (χ2v) is 7.92. The van der Waals surface area contributed by atoms with Crippen molar-refractivity contribution in [2.24, 2.45) is 0 Å². The first-order valence-corrected chi connectivity index (χ1v) is 10.2. The molecule has 2 aliphatic heterocycles. The molecule has 0 unspecified atom stereocenters. The zero-order valence-electron chi connectivity index (χ0n) is 15.8. The molecule has 0 saturated carbocycles. The molecular formula is C20H25BrN6. The topological polar surface area (TPSA) is 47.5 Å². The Morgan fingerprint density at radius 1 is 1.11 bits per heavy atom. The second kappa shape index (κ2) is 7.86. The minimum Gasteiger partial charge on any atom is -0.372 e. The van der Waals surface area contributed by atoms with E-state index in [1.165, 1.54) is 5.69 Å². The van der Waals surface area contributed by atoms with E-state index in [0.717, 1.165) is 60.7 Å². The van der Waals surface area contributed by atoms with Crippen molar-refractivity contribution in [2.75, 3.05) is 50.0 Å². The highest BCUT2D eigenvalue weighted by molar-refractivity contribution is 9.15. The minimum atomic E-state index is 0.622. The molecule has 0 spiro atoms. The van der Waals surface area contributed by atoms with E-state index >= 15 is 0 Å². The van der Waals surface area contributed by atoms with Gasteiger partial charge in [0.05, 0.1) is 10.2 Å². The molecule has 1 N–H and O–H groups in total. The van der Waals surface area contributed by atoms with Crippen LogP contribution >= 0.6 is 15.9 Å². The van der Waals surface area contributed by atoms with E-state index < -0.39 is 0 Å². The van der Waals surface area contributed by atoms with Gasteiger partial charge >= 0.3 is 0 Å². The molecule has 1 fully saturated rings.